The molecule has 1 aliphatic heterocycles. The number of ether oxygens (including phenoxy) is 2. The van der Waals surface area contributed by atoms with Crippen molar-refractivity contribution in [3.05, 3.63) is 48.2 Å². The first kappa shape index (κ1) is 23.3. The highest BCUT2D eigenvalue weighted by molar-refractivity contribution is 6.88. The quantitative estimate of drug-likeness (QED) is 0.455. The number of aromatic nitrogens is 1. The number of carbonyl (C=O) groups is 1. The van der Waals surface area contributed by atoms with Gasteiger partial charge in [-0.15, -0.1) is 0 Å². The van der Waals surface area contributed by atoms with E-state index in [0.29, 0.717) is 11.4 Å². The SMILES string of the molecule is COc1ccc([Si](C)(C)C)cc1NC(=O)Nc1ccc2[nH]cc(CCN3CCOCC3)c2c1. The van der Waals surface area contributed by atoms with Gasteiger partial charge in [0.2, 0.25) is 0 Å². The van der Waals surface area contributed by atoms with E-state index in [0.717, 1.165) is 55.9 Å². The number of aromatic amines is 1. The second kappa shape index (κ2) is 9.99. The molecule has 0 saturated carbocycles. The maximum Gasteiger partial charge on any atom is 0.323 e. The van der Waals surface area contributed by atoms with Crippen LogP contribution in [0.5, 0.6) is 5.75 Å². The lowest BCUT2D eigenvalue weighted by Gasteiger charge is -2.26. The number of urea groups is 1. The number of nitrogens with zero attached hydrogens (tertiary/aromatic N) is 1. The summed E-state index contributed by atoms with van der Waals surface area (Å²) < 4.78 is 10.9. The van der Waals surface area contributed by atoms with Crippen LogP contribution in [-0.4, -0.2) is 63.9 Å². The molecule has 176 valence electrons. The average Bonchev–Trinajstić information content (AvgIpc) is 3.20. The molecule has 2 aromatic carbocycles. The van der Waals surface area contributed by atoms with Crippen molar-refractivity contribution >= 4 is 41.6 Å². The monoisotopic (exact) mass is 466 g/mol. The first-order valence-corrected chi connectivity index (χ1v) is 15.0. The summed E-state index contributed by atoms with van der Waals surface area (Å²) in [5.74, 6) is 0.652. The molecule has 0 spiro atoms. The molecule has 0 unspecified atom stereocenters. The van der Waals surface area contributed by atoms with Crippen molar-refractivity contribution in [1.82, 2.24) is 9.88 Å². The van der Waals surface area contributed by atoms with E-state index < -0.39 is 8.07 Å². The normalized spacial score (nSPS) is 14.9. The van der Waals surface area contributed by atoms with E-state index in [1.54, 1.807) is 7.11 Å². The number of rotatable bonds is 7. The molecular weight excluding hydrogens is 432 g/mol. The lowest BCUT2D eigenvalue weighted by Crippen LogP contribution is -2.37. The topological polar surface area (TPSA) is 78.6 Å². The number of anilines is 2. The molecule has 0 atom stereocenters. The van der Waals surface area contributed by atoms with E-state index in [2.05, 4.69) is 52.4 Å². The average molecular weight is 467 g/mol. The van der Waals surface area contributed by atoms with E-state index in [9.17, 15) is 4.79 Å². The minimum atomic E-state index is -1.52. The lowest BCUT2D eigenvalue weighted by atomic mass is 10.1. The standard InChI is InChI=1S/C25H34N4O3Si/c1-31-24-8-6-20(33(2,3)4)16-23(24)28-25(30)27-19-5-7-22-21(15-19)18(17-26-22)9-10-29-11-13-32-14-12-29/h5-8,15-17,26H,9-14H2,1-4H3,(H2,27,28,30). The highest BCUT2D eigenvalue weighted by Crippen LogP contribution is 2.26. The highest BCUT2D eigenvalue weighted by atomic mass is 28.3. The van der Waals surface area contributed by atoms with Crippen LogP contribution in [0.1, 0.15) is 5.56 Å². The highest BCUT2D eigenvalue weighted by Gasteiger charge is 2.19. The third-order valence-electron chi connectivity index (χ3n) is 6.14. The molecule has 2 amide bonds. The van der Waals surface area contributed by atoms with Gasteiger partial charge in [0, 0.05) is 42.4 Å². The summed E-state index contributed by atoms with van der Waals surface area (Å²) in [5, 5.41) is 8.35. The molecule has 0 bridgehead atoms. The van der Waals surface area contributed by atoms with Gasteiger partial charge in [0.05, 0.1) is 34.1 Å². The molecule has 0 aliphatic carbocycles. The van der Waals surface area contributed by atoms with Crippen molar-refractivity contribution in [2.75, 3.05) is 50.6 Å². The van der Waals surface area contributed by atoms with Gasteiger partial charge in [-0.1, -0.05) is 30.9 Å². The molecular formula is C25H34N4O3Si. The number of benzene rings is 2. The van der Waals surface area contributed by atoms with Crippen molar-refractivity contribution < 1.29 is 14.3 Å². The molecule has 3 N–H and O–H groups in total. The Hall–Kier alpha value is -2.81. The number of hydrogen-bond acceptors (Lipinski definition) is 4. The molecule has 1 aromatic heterocycles. The third kappa shape index (κ3) is 5.76. The zero-order chi connectivity index (χ0) is 23.4. The van der Waals surface area contributed by atoms with E-state index in [-0.39, 0.29) is 6.03 Å². The molecule has 8 heteroatoms. The maximum absolute atomic E-state index is 12.8. The summed E-state index contributed by atoms with van der Waals surface area (Å²) in [6.07, 6.45) is 3.03. The largest absolute Gasteiger partial charge is 0.495 e. The van der Waals surface area contributed by atoms with Crippen LogP contribution in [0.3, 0.4) is 0 Å². The van der Waals surface area contributed by atoms with Gasteiger partial charge in [-0.2, -0.15) is 0 Å². The van der Waals surface area contributed by atoms with Crippen molar-refractivity contribution in [3.8, 4) is 5.75 Å². The molecule has 1 saturated heterocycles. The molecule has 33 heavy (non-hydrogen) atoms. The summed E-state index contributed by atoms with van der Waals surface area (Å²) in [5.41, 5.74) is 3.77. The van der Waals surface area contributed by atoms with Crippen LogP contribution >= 0.6 is 0 Å². The zero-order valence-corrected chi connectivity index (χ0v) is 21.0. The Labute approximate surface area is 196 Å². The Kier molecular flexibility index (Phi) is 7.07. The second-order valence-electron chi connectivity index (χ2n) is 9.52. The number of nitrogens with one attached hydrogen (secondary N) is 3. The Morgan fingerprint density at radius 2 is 1.91 bits per heavy atom. The Balaban J connectivity index is 1.46. The van der Waals surface area contributed by atoms with Crippen LogP contribution in [0.25, 0.3) is 10.9 Å². The zero-order valence-electron chi connectivity index (χ0n) is 20.0. The number of morpholine rings is 1. The van der Waals surface area contributed by atoms with Gasteiger partial charge in [0.1, 0.15) is 5.75 Å². The molecule has 2 heterocycles. The van der Waals surface area contributed by atoms with E-state index in [1.807, 2.05) is 30.3 Å². The minimum absolute atomic E-state index is 0.286. The Morgan fingerprint density at radius 1 is 1.12 bits per heavy atom. The minimum Gasteiger partial charge on any atom is -0.495 e. The molecule has 0 radical (unpaired) electrons. The lowest BCUT2D eigenvalue weighted by molar-refractivity contribution is 0.0385. The fourth-order valence-electron chi connectivity index (χ4n) is 4.12. The van der Waals surface area contributed by atoms with Crippen LogP contribution in [0.4, 0.5) is 16.2 Å². The summed E-state index contributed by atoms with van der Waals surface area (Å²) >= 11 is 0. The van der Waals surface area contributed by atoms with Crippen LogP contribution in [0.15, 0.2) is 42.6 Å². The number of hydrogen-bond donors (Lipinski definition) is 3. The predicted octanol–water partition coefficient (Wildman–Crippen LogP) is 4.24. The number of methoxy groups -OCH3 is 1. The van der Waals surface area contributed by atoms with Gasteiger partial charge >= 0.3 is 6.03 Å². The number of amides is 2. The Morgan fingerprint density at radius 3 is 2.64 bits per heavy atom. The molecule has 7 nitrogen and oxygen atoms in total. The van der Waals surface area contributed by atoms with Crippen molar-refractivity contribution in [2.24, 2.45) is 0 Å². The van der Waals surface area contributed by atoms with Crippen molar-refractivity contribution in [2.45, 2.75) is 26.1 Å². The van der Waals surface area contributed by atoms with Crippen molar-refractivity contribution in [3.63, 3.8) is 0 Å². The first-order chi connectivity index (χ1) is 15.8. The smallest absolute Gasteiger partial charge is 0.323 e. The van der Waals surface area contributed by atoms with E-state index in [4.69, 9.17) is 9.47 Å². The number of carbonyl (C=O) groups excluding carboxylic acids is 1. The van der Waals surface area contributed by atoms with Gasteiger partial charge in [-0.05, 0) is 42.3 Å². The number of H-pyrrole nitrogens is 1. The summed E-state index contributed by atoms with van der Waals surface area (Å²) in [6.45, 7) is 11.4. The third-order valence-corrected chi connectivity index (χ3v) is 8.18. The fraction of sp³-hybridized carbons (Fsp3) is 0.400. The number of fused-ring (bicyclic) bond motifs is 1. The summed E-state index contributed by atoms with van der Waals surface area (Å²) in [4.78, 5) is 18.6. The fourth-order valence-corrected chi connectivity index (χ4v) is 5.28. The van der Waals surface area contributed by atoms with Crippen LogP contribution in [0.2, 0.25) is 19.6 Å². The van der Waals surface area contributed by atoms with Crippen LogP contribution < -0.4 is 20.6 Å². The van der Waals surface area contributed by atoms with Crippen LogP contribution in [-0.2, 0) is 11.2 Å². The van der Waals surface area contributed by atoms with Crippen molar-refractivity contribution in [1.29, 1.82) is 0 Å². The van der Waals surface area contributed by atoms with Gasteiger partial charge in [0.15, 0.2) is 0 Å². The maximum atomic E-state index is 12.8. The molecule has 3 aromatic rings. The molecule has 1 aliphatic rings. The van der Waals surface area contributed by atoms with Gasteiger partial charge in [0.25, 0.3) is 0 Å². The van der Waals surface area contributed by atoms with Gasteiger partial charge in [-0.25, -0.2) is 4.79 Å². The summed E-state index contributed by atoms with van der Waals surface area (Å²) in [7, 11) is 0.0994. The van der Waals surface area contributed by atoms with Crippen LogP contribution in [0, 0.1) is 0 Å². The summed E-state index contributed by atoms with van der Waals surface area (Å²) in [6, 6.07) is 11.7. The van der Waals surface area contributed by atoms with E-state index in [1.165, 1.54) is 10.8 Å². The molecule has 4 rings (SSSR count). The second-order valence-corrected chi connectivity index (χ2v) is 14.6. The van der Waals surface area contributed by atoms with Gasteiger partial charge < -0.3 is 25.1 Å². The first-order valence-electron chi connectivity index (χ1n) is 11.5. The molecule has 1 fully saturated rings. The Bertz CT molecular complexity index is 1120. The van der Waals surface area contributed by atoms with E-state index >= 15 is 0 Å². The predicted molar refractivity (Wildman–Crippen MR) is 138 cm³/mol. The van der Waals surface area contributed by atoms with Gasteiger partial charge in [-0.3, -0.25) is 4.90 Å².